The molecule has 4 aromatic rings. The third-order valence-electron chi connectivity index (χ3n) is 8.30. The van der Waals surface area contributed by atoms with Crippen LogP contribution in [0.2, 0.25) is 10.0 Å². The molecule has 16 heteroatoms. The number of carboxylic acids is 2. The van der Waals surface area contributed by atoms with E-state index in [1.807, 2.05) is 50.2 Å². The van der Waals surface area contributed by atoms with Gasteiger partial charge in [0.2, 0.25) is 23.5 Å². The van der Waals surface area contributed by atoms with Crippen molar-refractivity contribution in [3.63, 3.8) is 0 Å². The lowest BCUT2D eigenvalue weighted by molar-refractivity contribution is -0.141. The van der Waals surface area contributed by atoms with E-state index in [9.17, 15) is 30.0 Å². The fourth-order valence-electron chi connectivity index (χ4n) is 5.28. The Morgan fingerprint density at radius 3 is 1.38 bits per heavy atom. The average Bonchev–Trinajstić information content (AvgIpc) is 3.12. The summed E-state index contributed by atoms with van der Waals surface area (Å²) in [5, 5.41) is 42.8. The number of halogens is 2. The standard InChI is InChI=1S/C36H40Cl2N4O10/c1-19-21(17-51-33-27(37)11-23(31(41-33)49-3)13-39-29(15-43)35(45)46)7-5-9-25(19)26-10-6-8-22(20(26)2)18-52-34-28(38)12-24(32(42-34)50-4)14-40-30(16-44)36(47)48/h5-12,29-30,39-40,43-44H,13-18H2,1-4H3,(H,45,46)(H,47,48)/t29-,30-/m0/s1. The number of aromatic nitrogens is 2. The molecule has 0 saturated carbocycles. The summed E-state index contributed by atoms with van der Waals surface area (Å²) in [7, 11) is 2.85. The van der Waals surface area contributed by atoms with E-state index in [0.717, 1.165) is 33.4 Å². The van der Waals surface area contributed by atoms with Crippen molar-refractivity contribution in [2.24, 2.45) is 0 Å². The first kappa shape index (κ1) is 40.1. The van der Waals surface area contributed by atoms with Crippen LogP contribution < -0.4 is 29.6 Å². The highest BCUT2D eigenvalue weighted by Gasteiger charge is 2.21. The summed E-state index contributed by atoms with van der Waals surface area (Å²) in [5.74, 6) is -1.70. The number of hydrogen-bond donors (Lipinski definition) is 6. The normalized spacial score (nSPS) is 12.2. The Labute approximate surface area is 310 Å². The molecule has 2 heterocycles. The van der Waals surface area contributed by atoms with E-state index in [-0.39, 0.29) is 59.9 Å². The first-order valence-electron chi connectivity index (χ1n) is 16.0. The molecule has 0 aliphatic carbocycles. The van der Waals surface area contributed by atoms with Crippen molar-refractivity contribution >= 4 is 35.1 Å². The van der Waals surface area contributed by atoms with E-state index in [1.165, 1.54) is 14.2 Å². The molecule has 0 bridgehead atoms. The number of ether oxygens (including phenoxy) is 4. The monoisotopic (exact) mass is 758 g/mol. The van der Waals surface area contributed by atoms with Crippen molar-refractivity contribution in [2.45, 2.75) is 52.2 Å². The molecule has 278 valence electrons. The van der Waals surface area contributed by atoms with Gasteiger partial charge in [-0.05, 0) is 59.4 Å². The van der Waals surface area contributed by atoms with Gasteiger partial charge in [-0.15, -0.1) is 0 Å². The number of nitrogens with zero attached hydrogens (tertiary/aromatic N) is 2. The minimum Gasteiger partial charge on any atom is -0.481 e. The van der Waals surface area contributed by atoms with E-state index < -0.39 is 37.2 Å². The van der Waals surface area contributed by atoms with Gasteiger partial charge < -0.3 is 39.4 Å². The zero-order chi connectivity index (χ0) is 37.9. The molecule has 6 N–H and O–H groups in total. The number of carbonyl (C=O) groups is 2. The van der Waals surface area contributed by atoms with Gasteiger partial charge in [-0.25, -0.2) is 0 Å². The number of nitrogens with one attached hydrogen (secondary N) is 2. The van der Waals surface area contributed by atoms with Gasteiger partial charge in [0.05, 0.1) is 27.4 Å². The van der Waals surface area contributed by atoms with E-state index in [2.05, 4.69) is 20.6 Å². The smallest absolute Gasteiger partial charge is 0.323 e. The minimum absolute atomic E-state index is 0.0443. The van der Waals surface area contributed by atoms with Gasteiger partial charge in [0, 0.05) is 24.2 Å². The number of pyridine rings is 2. The van der Waals surface area contributed by atoms with Crippen molar-refractivity contribution in [3.8, 4) is 34.6 Å². The van der Waals surface area contributed by atoms with Gasteiger partial charge in [-0.2, -0.15) is 9.97 Å². The van der Waals surface area contributed by atoms with Crippen LogP contribution in [0.25, 0.3) is 11.1 Å². The van der Waals surface area contributed by atoms with Crippen LogP contribution >= 0.6 is 23.2 Å². The Kier molecular flexibility index (Phi) is 14.4. The molecular weight excluding hydrogens is 719 g/mol. The van der Waals surface area contributed by atoms with Gasteiger partial charge in [-0.3, -0.25) is 20.2 Å². The van der Waals surface area contributed by atoms with Crippen LogP contribution in [0.4, 0.5) is 0 Å². The molecule has 52 heavy (non-hydrogen) atoms. The van der Waals surface area contributed by atoms with Crippen LogP contribution in [0, 0.1) is 13.8 Å². The molecule has 4 rings (SSSR count). The molecule has 2 atom stereocenters. The quantitative estimate of drug-likeness (QED) is 0.0790. The summed E-state index contributed by atoms with van der Waals surface area (Å²) in [4.78, 5) is 31.3. The predicted molar refractivity (Wildman–Crippen MR) is 192 cm³/mol. The lowest BCUT2D eigenvalue weighted by atomic mass is 9.92. The number of aliphatic hydroxyl groups excluding tert-OH is 2. The SMILES string of the molecule is COc1nc(OCc2cccc(-c3cccc(COc4nc(OC)c(CN[C@@H](CO)C(=O)O)cc4Cl)c3C)c2C)c(Cl)cc1CN[C@@H](CO)C(=O)O. The van der Waals surface area contributed by atoms with Crippen LogP contribution in [0.3, 0.4) is 0 Å². The van der Waals surface area contributed by atoms with Crippen LogP contribution in [-0.4, -0.2) is 81.8 Å². The second-order valence-corrected chi connectivity index (χ2v) is 12.4. The van der Waals surface area contributed by atoms with Gasteiger partial charge in [0.1, 0.15) is 35.3 Å². The maximum atomic E-state index is 11.2. The molecule has 0 unspecified atom stereocenters. The zero-order valence-electron chi connectivity index (χ0n) is 28.9. The Balaban J connectivity index is 1.49. The summed E-state index contributed by atoms with van der Waals surface area (Å²) in [6.45, 7) is 3.20. The van der Waals surface area contributed by atoms with E-state index in [4.69, 9.17) is 42.1 Å². The Bertz CT molecular complexity index is 1760. The number of hydrogen-bond acceptors (Lipinski definition) is 12. The minimum atomic E-state index is -1.19. The fourth-order valence-corrected chi connectivity index (χ4v) is 5.74. The molecule has 0 aliphatic heterocycles. The summed E-state index contributed by atoms with van der Waals surface area (Å²) in [6.07, 6.45) is 0. The van der Waals surface area contributed by atoms with E-state index in [0.29, 0.717) is 11.1 Å². The highest BCUT2D eigenvalue weighted by Crippen LogP contribution is 2.34. The third-order valence-corrected chi connectivity index (χ3v) is 8.84. The lowest BCUT2D eigenvalue weighted by Crippen LogP contribution is -2.39. The molecule has 0 spiro atoms. The molecule has 0 saturated heterocycles. The second-order valence-electron chi connectivity index (χ2n) is 11.6. The van der Waals surface area contributed by atoms with Crippen molar-refractivity contribution < 1.29 is 49.0 Å². The molecule has 0 radical (unpaired) electrons. The highest BCUT2D eigenvalue weighted by atomic mass is 35.5. The number of benzene rings is 2. The van der Waals surface area contributed by atoms with E-state index in [1.54, 1.807) is 12.1 Å². The van der Waals surface area contributed by atoms with E-state index >= 15 is 0 Å². The molecule has 14 nitrogen and oxygen atoms in total. The van der Waals surface area contributed by atoms with Crippen LogP contribution in [0.15, 0.2) is 48.5 Å². The first-order chi connectivity index (χ1) is 24.9. The highest BCUT2D eigenvalue weighted by molar-refractivity contribution is 6.32. The maximum Gasteiger partial charge on any atom is 0.323 e. The molecule has 0 fully saturated rings. The summed E-state index contributed by atoms with van der Waals surface area (Å²) in [6, 6.07) is 12.6. The summed E-state index contributed by atoms with van der Waals surface area (Å²) < 4.78 is 22.8. The van der Waals surface area contributed by atoms with Crippen LogP contribution in [-0.2, 0) is 35.9 Å². The van der Waals surface area contributed by atoms with Gasteiger partial charge in [0.15, 0.2) is 0 Å². The summed E-state index contributed by atoms with van der Waals surface area (Å²) >= 11 is 13.0. The molecule has 2 aromatic carbocycles. The number of methoxy groups -OCH3 is 2. The lowest BCUT2D eigenvalue weighted by Gasteiger charge is -2.18. The predicted octanol–water partition coefficient (Wildman–Crippen LogP) is 4.31. The zero-order valence-corrected chi connectivity index (χ0v) is 30.4. The van der Waals surface area contributed by atoms with Crippen LogP contribution in [0.1, 0.15) is 33.4 Å². The molecule has 2 aromatic heterocycles. The molecular formula is C36H40Cl2N4O10. The third kappa shape index (κ3) is 9.79. The fraction of sp³-hybridized carbons (Fsp3) is 0.333. The number of aliphatic hydroxyl groups is 2. The average molecular weight is 760 g/mol. The second kappa shape index (κ2) is 18.7. The van der Waals surface area contributed by atoms with Crippen LogP contribution in [0.5, 0.6) is 23.5 Å². The van der Waals surface area contributed by atoms with Crippen molar-refractivity contribution in [1.29, 1.82) is 0 Å². The number of carboxylic acid groups (broad SMARTS) is 2. The van der Waals surface area contributed by atoms with Gasteiger partial charge in [0.25, 0.3) is 0 Å². The first-order valence-corrected chi connectivity index (χ1v) is 16.7. The Morgan fingerprint density at radius 2 is 1.06 bits per heavy atom. The number of rotatable bonds is 19. The summed E-state index contributed by atoms with van der Waals surface area (Å²) in [5.41, 5.74) is 6.67. The van der Waals surface area contributed by atoms with Gasteiger partial charge in [-0.1, -0.05) is 59.6 Å². The van der Waals surface area contributed by atoms with Crippen molar-refractivity contribution in [3.05, 3.63) is 92.0 Å². The van der Waals surface area contributed by atoms with Gasteiger partial charge >= 0.3 is 11.9 Å². The molecule has 0 amide bonds. The maximum absolute atomic E-state index is 11.2. The largest absolute Gasteiger partial charge is 0.481 e. The molecule has 0 aliphatic rings. The topological polar surface area (TPSA) is 202 Å². The Hall–Kier alpha value is -4.70. The number of aliphatic carboxylic acids is 2. The Morgan fingerprint density at radius 1 is 0.673 bits per heavy atom. The van der Waals surface area contributed by atoms with Crippen molar-refractivity contribution in [2.75, 3.05) is 27.4 Å². The van der Waals surface area contributed by atoms with Crippen molar-refractivity contribution in [1.82, 2.24) is 20.6 Å².